The molecule has 0 bridgehead atoms. The average molecular weight is 484 g/mol. The third-order valence-corrected chi connectivity index (χ3v) is 8.44. The van der Waals surface area contributed by atoms with Gasteiger partial charge in [-0.1, -0.05) is 6.07 Å². The van der Waals surface area contributed by atoms with Crippen LogP contribution in [0.3, 0.4) is 0 Å². The van der Waals surface area contributed by atoms with Gasteiger partial charge >= 0.3 is 5.97 Å². The molecule has 2 saturated heterocycles. The molecule has 1 aliphatic carbocycles. The second-order valence-corrected chi connectivity index (χ2v) is 11.1. The minimum absolute atomic E-state index is 0.0459. The number of fused-ring (bicyclic) bond motifs is 1. The number of carboxylic acid groups (broad SMARTS) is 1. The number of likely N-dealkylation sites (tertiary alicyclic amines) is 2. The number of rotatable bonds is 10. The van der Waals surface area contributed by atoms with Gasteiger partial charge in [0.2, 0.25) is 5.91 Å². The first-order chi connectivity index (χ1) is 17.0. The van der Waals surface area contributed by atoms with Crippen LogP contribution < -0.4 is 10.6 Å². The number of carbonyl (C=O) groups excluding carboxylic acids is 1. The molecule has 4 aliphatic rings. The molecule has 1 saturated carbocycles. The van der Waals surface area contributed by atoms with E-state index in [1.165, 1.54) is 24.8 Å². The summed E-state index contributed by atoms with van der Waals surface area (Å²) in [5.74, 6) is 0.651. The third-order valence-electron chi connectivity index (χ3n) is 8.44. The Morgan fingerprint density at radius 3 is 2.74 bits per heavy atom. The van der Waals surface area contributed by atoms with E-state index in [-0.39, 0.29) is 11.8 Å². The number of nitrogens with zero attached hydrogens (tertiary/aromatic N) is 3. The first kappa shape index (κ1) is 24.5. The number of pyridine rings is 1. The van der Waals surface area contributed by atoms with Crippen LogP contribution in [0.15, 0.2) is 12.1 Å². The van der Waals surface area contributed by atoms with Gasteiger partial charge in [-0.05, 0) is 101 Å². The summed E-state index contributed by atoms with van der Waals surface area (Å²) < 4.78 is 0. The van der Waals surface area contributed by atoms with Crippen molar-refractivity contribution in [3.05, 3.63) is 23.4 Å². The Labute approximate surface area is 208 Å². The molecule has 1 aromatic rings. The highest BCUT2D eigenvalue weighted by Crippen LogP contribution is 2.31. The molecule has 4 heterocycles. The molecule has 0 aromatic carbocycles. The number of aryl methyl sites for hydroxylation is 2. The van der Waals surface area contributed by atoms with Crippen molar-refractivity contribution >= 4 is 17.7 Å². The molecule has 192 valence electrons. The lowest BCUT2D eigenvalue weighted by Gasteiger charge is -2.32. The van der Waals surface area contributed by atoms with E-state index in [1.807, 2.05) is 0 Å². The van der Waals surface area contributed by atoms with Gasteiger partial charge in [0.15, 0.2) is 0 Å². The maximum Gasteiger partial charge on any atom is 0.326 e. The van der Waals surface area contributed by atoms with Crippen LogP contribution in [0.2, 0.25) is 0 Å². The summed E-state index contributed by atoms with van der Waals surface area (Å²) >= 11 is 0. The molecule has 3 aliphatic heterocycles. The minimum atomic E-state index is -0.920. The number of aromatic nitrogens is 1. The lowest BCUT2D eigenvalue weighted by molar-refractivity contribution is -0.143. The topological polar surface area (TPSA) is 97.8 Å². The number of aliphatic carboxylic acids is 1. The molecule has 3 fully saturated rings. The predicted octanol–water partition coefficient (Wildman–Crippen LogP) is 2.53. The molecule has 1 amide bonds. The second kappa shape index (κ2) is 11.2. The Kier molecular flexibility index (Phi) is 7.88. The van der Waals surface area contributed by atoms with Gasteiger partial charge in [-0.3, -0.25) is 4.79 Å². The zero-order valence-corrected chi connectivity index (χ0v) is 20.9. The summed E-state index contributed by atoms with van der Waals surface area (Å²) in [5, 5.41) is 16.0. The van der Waals surface area contributed by atoms with Gasteiger partial charge < -0.3 is 25.5 Å². The van der Waals surface area contributed by atoms with Crippen molar-refractivity contribution in [2.75, 3.05) is 44.6 Å². The molecule has 2 atom stereocenters. The first-order valence-corrected chi connectivity index (χ1v) is 13.8. The van der Waals surface area contributed by atoms with Gasteiger partial charge in [-0.15, -0.1) is 0 Å². The number of amides is 1. The van der Waals surface area contributed by atoms with Gasteiger partial charge in [-0.2, -0.15) is 0 Å². The zero-order valence-electron chi connectivity index (χ0n) is 20.9. The number of nitrogens with one attached hydrogen (secondary N) is 2. The Hall–Kier alpha value is -2.19. The number of carbonyl (C=O) groups is 2. The highest BCUT2D eigenvalue weighted by atomic mass is 16.4. The summed E-state index contributed by atoms with van der Waals surface area (Å²) in [5.41, 5.74) is 2.49. The number of anilines is 1. The number of hydrogen-bond donors (Lipinski definition) is 3. The van der Waals surface area contributed by atoms with E-state index < -0.39 is 12.0 Å². The Bertz CT molecular complexity index is 897. The molecule has 5 rings (SSSR count). The smallest absolute Gasteiger partial charge is 0.326 e. The van der Waals surface area contributed by atoms with E-state index in [4.69, 9.17) is 4.98 Å². The average Bonchev–Trinajstić information content (AvgIpc) is 3.63. The van der Waals surface area contributed by atoms with Crippen LogP contribution in [0.5, 0.6) is 0 Å². The summed E-state index contributed by atoms with van der Waals surface area (Å²) in [6.07, 6.45) is 10.3. The molecule has 8 heteroatoms. The van der Waals surface area contributed by atoms with Crippen LogP contribution in [0, 0.1) is 11.8 Å². The lowest BCUT2D eigenvalue weighted by Crippen LogP contribution is -2.47. The quantitative estimate of drug-likeness (QED) is 0.470. The third kappa shape index (κ3) is 6.53. The number of piperidine rings is 1. The fourth-order valence-corrected chi connectivity index (χ4v) is 6.04. The van der Waals surface area contributed by atoms with Gasteiger partial charge in [0, 0.05) is 37.3 Å². The zero-order chi connectivity index (χ0) is 24.2. The maximum absolute atomic E-state index is 12.7. The van der Waals surface area contributed by atoms with E-state index in [2.05, 4.69) is 32.6 Å². The van der Waals surface area contributed by atoms with Gasteiger partial charge in [0.05, 0.1) is 0 Å². The van der Waals surface area contributed by atoms with Crippen molar-refractivity contribution in [1.29, 1.82) is 0 Å². The number of carboxylic acids is 1. The standard InChI is InChI=1S/C27H41N5O3/c33-26(21-10-16-32(17-11-21)23-7-8-23)30-24(27(34)35)12-15-31-14-9-19(18-31)3-5-22-6-4-20-2-1-13-28-25(20)29-22/h4,6,19,21,23-24H,1-3,5,7-18H2,(H,28,29)(H,30,33)(H,34,35)/t19-,24-/m0/s1. The van der Waals surface area contributed by atoms with Crippen molar-refractivity contribution in [3.8, 4) is 0 Å². The normalized spacial score (nSPS) is 24.5. The van der Waals surface area contributed by atoms with E-state index in [0.29, 0.717) is 12.3 Å². The molecule has 8 nitrogen and oxygen atoms in total. The molecule has 35 heavy (non-hydrogen) atoms. The van der Waals surface area contributed by atoms with E-state index >= 15 is 0 Å². The Balaban J connectivity index is 1.02. The van der Waals surface area contributed by atoms with Crippen LogP contribution in [0.4, 0.5) is 5.82 Å². The van der Waals surface area contributed by atoms with E-state index in [0.717, 1.165) is 95.3 Å². The predicted molar refractivity (Wildman–Crippen MR) is 135 cm³/mol. The summed E-state index contributed by atoms with van der Waals surface area (Å²) in [6.45, 7) is 5.67. The number of hydrogen-bond acceptors (Lipinski definition) is 6. The Morgan fingerprint density at radius 1 is 1.14 bits per heavy atom. The van der Waals surface area contributed by atoms with Crippen molar-refractivity contribution in [2.45, 2.75) is 76.3 Å². The van der Waals surface area contributed by atoms with Gasteiger partial charge in [0.1, 0.15) is 11.9 Å². The second-order valence-electron chi connectivity index (χ2n) is 11.1. The molecule has 3 N–H and O–H groups in total. The maximum atomic E-state index is 12.7. The van der Waals surface area contributed by atoms with E-state index in [9.17, 15) is 14.7 Å². The highest BCUT2D eigenvalue weighted by Gasteiger charge is 2.35. The molecule has 0 spiro atoms. The van der Waals surface area contributed by atoms with Crippen LogP contribution in [0.25, 0.3) is 0 Å². The molecule has 0 radical (unpaired) electrons. The summed E-state index contributed by atoms with van der Waals surface area (Å²) in [4.78, 5) is 34.3. The lowest BCUT2D eigenvalue weighted by atomic mass is 9.95. The highest BCUT2D eigenvalue weighted by molar-refractivity contribution is 5.85. The van der Waals surface area contributed by atoms with E-state index in [1.54, 1.807) is 0 Å². The minimum Gasteiger partial charge on any atom is -0.480 e. The SMILES string of the molecule is O=C(N[C@@H](CCN1CC[C@H](CCc2ccc3c(n2)NCCC3)C1)C(=O)O)C1CCN(C2CC2)CC1. The molecule has 0 unspecified atom stereocenters. The fraction of sp³-hybridized carbons (Fsp3) is 0.741. The molecular formula is C27H41N5O3. The molecule has 1 aromatic heterocycles. The van der Waals surface area contributed by atoms with Crippen molar-refractivity contribution in [1.82, 2.24) is 20.1 Å². The van der Waals surface area contributed by atoms with Crippen LogP contribution in [-0.4, -0.2) is 83.1 Å². The Morgan fingerprint density at radius 2 is 1.97 bits per heavy atom. The largest absolute Gasteiger partial charge is 0.480 e. The van der Waals surface area contributed by atoms with Crippen LogP contribution in [-0.2, 0) is 22.4 Å². The van der Waals surface area contributed by atoms with Crippen molar-refractivity contribution in [2.24, 2.45) is 11.8 Å². The monoisotopic (exact) mass is 483 g/mol. The molecular weight excluding hydrogens is 442 g/mol. The first-order valence-electron chi connectivity index (χ1n) is 13.8. The van der Waals surface area contributed by atoms with Crippen LogP contribution >= 0.6 is 0 Å². The van der Waals surface area contributed by atoms with Crippen molar-refractivity contribution in [3.63, 3.8) is 0 Å². The van der Waals surface area contributed by atoms with Gasteiger partial charge in [-0.25, -0.2) is 9.78 Å². The summed E-state index contributed by atoms with van der Waals surface area (Å²) in [7, 11) is 0. The van der Waals surface area contributed by atoms with Gasteiger partial charge in [0.25, 0.3) is 0 Å². The fourth-order valence-electron chi connectivity index (χ4n) is 6.04. The van der Waals surface area contributed by atoms with Crippen LogP contribution in [0.1, 0.15) is 62.6 Å². The summed E-state index contributed by atoms with van der Waals surface area (Å²) in [6, 6.07) is 4.34. The van der Waals surface area contributed by atoms with Crippen molar-refractivity contribution < 1.29 is 14.7 Å².